The van der Waals surface area contributed by atoms with Gasteiger partial charge in [-0.05, 0) is 53.3 Å². The first-order valence-corrected chi connectivity index (χ1v) is 11.3. The summed E-state index contributed by atoms with van der Waals surface area (Å²) in [7, 11) is 0. The van der Waals surface area contributed by atoms with Crippen molar-refractivity contribution in [1.82, 2.24) is 0 Å². The van der Waals surface area contributed by atoms with Gasteiger partial charge in [0.05, 0.1) is 0 Å². The second-order valence-electron chi connectivity index (χ2n) is 9.43. The zero-order chi connectivity index (χ0) is 18.5. The Balaban J connectivity index is 0.000000341. The third-order valence-corrected chi connectivity index (χ3v) is 7.99. The number of hydrogen-bond acceptors (Lipinski definition) is 0. The summed E-state index contributed by atoms with van der Waals surface area (Å²) < 4.78 is 0. The minimum Gasteiger partial charge on any atom is -0.0776 e. The van der Waals surface area contributed by atoms with Crippen LogP contribution in [0.3, 0.4) is 0 Å². The largest absolute Gasteiger partial charge is 0.0776 e. The van der Waals surface area contributed by atoms with Crippen LogP contribution in [0.4, 0.5) is 0 Å². The van der Waals surface area contributed by atoms with E-state index in [0.717, 1.165) is 41.4 Å². The highest BCUT2D eigenvalue weighted by molar-refractivity contribution is 5.02. The number of hydrogen-bond donors (Lipinski definition) is 0. The molecule has 0 N–H and O–H groups in total. The van der Waals surface area contributed by atoms with E-state index < -0.39 is 0 Å². The molecule has 0 heteroatoms. The summed E-state index contributed by atoms with van der Waals surface area (Å²) in [5.41, 5.74) is 0.684. The van der Waals surface area contributed by atoms with Gasteiger partial charge in [-0.1, -0.05) is 108 Å². The monoisotopic (exact) mass is 352 g/mol. The average Bonchev–Trinajstić information content (AvgIpc) is 3.49. The molecule has 0 heterocycles. The van der Waals surface area contributed by atoms with Crippen molar-refractivity contribution in [2.45, 2.75) is 115 Å². The van der Waals surface area contributed by atoms with E-state index >= 15 is 0 Å². The van der Waals surface area contributed by atoms with Gasteiger partial charge in [0.15, 0.2) is 0 Å². The topological polar surface area (TPSA) is 0 Å². The van der Waals surface area contributed by atoms with Crippen molar-refractivity contribution in [3.8, 4) is 0 Å². The smallest absolute Gasteiger partial charge is 0.0292 e. The Morgan fingerprint density at radius 2 is 1.00 bits per heavy atom. The van der Waals surface area contributed by atoms with Crippen molar-refractivity contribution in [1.29, 1.82) is 0 Å². The van der Waals surface area contributed by atoms with E-state index in [0.29, 0.717) is 5.41 Å². The predicted molar refractivity (Wildman–Crippen MR) is 117 cm³/mol. The fourth-order valence-electron chi connectivity index (χ4n) is 5.77. The molecular weight excluding hydrogens is 300 g/mol. The van der Waals surface area contributed by atoms with Crippen molar-refractivity contribution >= 4 is 0 Å². The summed E-state index contributed by atoms with van der Waals surface area (Å²) in [5.74, 6) is 7.50. The molecule has 0 radical (unpaired) electrons. The Hall–Kier alpha value is 0. The van der Waals surface area contributed by atoms with E-state index in [-0.39, 0.29) is 7.43 Å². The van der Waals surface area contributed by atoms with E-state index in [1.165, 1.54) is 44.9 Å². The molecule has 0 nitrogen and oxygen atoms in total. The van der Waals surface area contributed by atoms with E-state index in [1.807, 2.05) is 0 Å². The Morgan fingerprint density at radius 1 is 0.640 bits per heavy atom. The number of rotatable bonds is 6. The highest BCUT2D eigenvalue weighted by Crippen LogP contribution is 2.61. The minimum absolute atomic E-state index is 0. The van der Waals surface area contributed by atoms with E-state index in [1.54, 1.807) is 0 Å². The summed E-state index contributed by atoms with van der Waals surface area (Å²) in [4.78, 5) is 0. The zero-order valence-corrected chi connectivity index (χ0v) is 18.5. The second kappa shape index (κ2) is 11.0. The average molecular weight is 353 g/mol. The van der Waals surface area contributed by atoms with Gasteiger partial charge in [-0.15, -0.1) is 0 Å². The van der Waals surface area contributed by atoms with Crippen LogP contribution in [0, 0.1) is 46.8 Å². The molecule has 0 aromatic carbocycles. The maximum absolute atomic E-state index is 2.40. The predicted octanol–water partition coefficient (Wildman–Crippen LogP) is 8.85. The lowest BCUT2D eigenvalue weighted by Crippen LogP contribution is -1.88. The van der Waals surface area contributed by atoms with Crippen LogP contribution in [0.1, 0.15) is 115 Å². The van der Waals surface area contributed by atoms with Gasteiger partial charge in [-0.25, -0.2) is 0 Å². The summed E-state index contributed by atoms with van der Waals surface area (Å²) in [6.07, 6.45) is 9.92. The molecule has 0 bridgehead atoms. The first-order valence-electron chi connectivity index (χ1n) is 11.3. The zero-order valence-electron chi connectivity index (χ0n) is 18.5. The summed E-state index contributed by atoms with van der Waals surface area (Å²) in [6, 6.07) is 0. The van der Waals surface area contributed by atoms with Gasteiger partial charge in [0.1, 0.15) is 0 Å². The standard InChI is InChI=1S/C9H18.C8H16.C7H14.CH4/c1-5-7-8(6-2)9(7,3)4;1-4-7-6(3)8(7)5-2;1-3-6-5-7(6)4-2;/h7-8H,5-6H2,1-4H3;6-8H,4-5H2,1-3H3;6-7H,3-5H2,1-2H3;1H4. The van der Waals surface area contributed by atoms with Crippen LogP contribution >= 0.6 is 0 Å². The minimum atomic E-state index is 0. The lowest BCUT2D eigenvalue weighted by molar-refractivity contribution is 0.526. The Labute approximate surface area is 161 Å². The summed E-state index contributed by atoms with van der Waals surface area (Å²) >= 11 is 0. The fraction of sp³-hybridized carbons (Fsp3) is 1.00. The van der Waals surface area contributed by atoms with Crippen LogP contribution in [-0.4, -0.2) is 0 Å². The second-order valence-corrected chi connectivity index (χ2v) is 9.43. The molecule has 3 aliphatic rings. The summed E-state index contributed by atoms with van der Waals surface area (Å²) in [5, 5.41) is 0. The molecule has 0 aromatic rings. The van der Waals surface area contributed by atoms with E-state index in [9.17, 15) is 0 Å². The molecule has 152 valence electrons. The molecule has 3 saturated carbocycles. The first-order chi connectivity index (χ1) is 11.3. The third kappa shape index (κ3) is 6.59. The highest BCUT2D eigenvalue weighted by Gasteiger charge is 2.54. The quantitative estimate of drug-likeness (QED) is 0.447. The lowest BCUT2D eigenvalue weighted by atomic mass is 10.1. The van der Waals surface area contributed by atoms with Gasteiger partial charge >= 0.3 is 0 Å². The van der Waals surface area contributed by atoms with Crippen LogP contribution in [0.5, 0.6) is 0 Å². The van der Waals surface area contributed by atoms with Gasteiger partial charge in [0.2, 0.25) is 0 Å². The molecule has 0 spiro atoms. The molecular formula is C25H52. The van der Waals surface area contributed by atoms with E-state index in [2.05, 4.69) is 62.3 Å². The van der Waals surface area contributed by atoms with Crippen LogP contribution in [0.15, 0.2) is 0 Å². The Bertz CT molecular complexity index is 312. The normalized spacial score (nSPS) is 39.0. The van der Waals surface area contributed by atoms with Crippen LogP contribution < -0.4 is 0 Å². The molecule has 3 fully saturated rings. The molecule has 3 aliphatic carbocycles. The Kier molecular flexibility index (Phi) is 11.0. The Morgan fingerprint density at radius 3 is 1.12 bits per heavy atom. The molecule has 0 aliphatic heterocycles. The molecule has 25 heavy (non-hydrogen) atoms. The van der Waals surface area contributed by atoms with Crippen molar-refractivity contribution in [3.63, 3.8) is 0 Å². The lowest BCUT2D eigenvalue weighted by Gasteiger charge is -1.97. The third-order valence-electron chi connectivity index (χ3n) is 7.99. The van der Waals surface area contributed by atoms with Crippen molar-refractivity contribution < 1.29 is 0 Å². The first kappa shape index (κ1) is 25.0. The maximum Gasteiger partial charge on any atom is -0.0292 e. The fourth-order valence-corrected chi connectivity index (χ4v) is 5.77. The summed E-state index contributed by atoms with van der Waals surface area (Å²) in [6.45, 7) is 21.0. The van der Waals surface area contributed by atoms with Crippen LogP contribution in [-0.2, 0) is 0 Å². The molecule has 3 rings (SSSR count). The molecule has 0 aromatic heterocycles. The molecule has 6 unspecified atom stereocenters. The molecule has 6 atom stereocenters. The van der Waals surface area contributed by atoms with Gasteiger partial charge in [-0.2, -0.15) is 0 Å². The van der Waals surface area contributed by atoms with Crippen molar-refractivity contribution in [3.05, 3.63) is 0 Å². The van der Waals surface area contributed by atoms with Gasteiger partial charge in [0.25, 0.3) is 0 Å². The van der Waals surface area contributed by atoms with Crippen molar-refractivity contribution in [2.24, 2.45) is 46.8 Å². The molecule has 0 amide bonds. The van der Waals surface area contributed by atoms with E-state index in [4.69, 9.17) is 0 Å². The SMILES string of the molecule is C.CCC1C(C)C1CC.CCC1C(CC)C1(C)C.CCC1CC1CC. The van der Waals surface area contributed by atoms with Gasteiger partial charge in [0, 0.05) is 0 Å². The van der Waals surface area contributed by atoms with Gasteiger partial charge in [-0.3, -0.25) is 0 Å². The maximum atomic E-state index is 2.40. The van der Waals surface area contributed by atoms with Crippen molar-refractivity contribution in [2.75, 3.05) is 0 Å². The van der Waals surface area contributed by atoms with Gasteiger partial charge < -0.3 is 0 Å². The van der Waals surface area contributed by atoms with Crippen LogP contribution in [0.2, 0.25) is 0 Å². The highest BCUT2D eigenvalue weighted by atomic mass is 14.6. The van der Waals surface area contributed by atoms with Crippen LogP contribution in [0.25, 0.3) is 0 Å². The molecule has 0 saturated heterocycles.